The van der Waals surface area contributed by atoms with Gasteiger partial charge in [-0.05, 0) is 49.6 Å². The third-order valence-corrected chi connectivity index (χ3v) is 4.26. The summed E-state index contributed by atoms with van der Waals surface area (Å²) in [6.45, 7) is 4.50. The van der Waals surface area contributed by atoms with Crippen LogP contribution >= 0.6 is 15.9 Å². The molecule has 0 bridgehead atoms. The lowest BCUT2D eigenvalue weighted by Crippen LogP contribution is -2.26. The number of rotatable bonds is 7. The minimum atomic E-state index is 0.814. The number of hydrogen-bond donors (Lipinski definition) is 0. The summed E-state index contributed by atoms with van der Waals surface area (Å²) >= 11 is 3.64. The summed E-state index contributed by atoms with van der Waals surface area (Å²) < 4.78 is 6.49. The van der Waals surface area contributed by atoms with Crippen molar-refractivity contribution in [3.05, 3.63) is 28.2 Å². The Morgan fingerprint density at radius 2 is 2.17 bits per heavy atom. The molecule has 2 rings (SSSR count). The van der Waals surface area contributed by atoms with E-state index in [9.17, 15) is 0 Å². The van der Waals surface area contributed by atoms with Gasteiger partial charge in [0.2, 0.25) is 0 Å². The molecule has 18 heavy (non-hydrogen) atoms. The maximum atomic E-state index is 5.31. The summed E-state index contributed by atoms with van der Waals surface area (Å²) in [5.41, 5.74) is 1.33. The summed E-state index contributed by atoms with van der Waals surface area (Å²) in [7, 11) is 1.72. The summed E-state index contributed by atoms with van der Waals surface area (Å²) in [5.74, 6) is 0.944. The molecule has 0 N–H and O–H groups in total. The zero-order valence-corrected chi connectivity index (χ0v) is 12.9. The molecular formula is C15H22BrNO. The van der Waals surface area contributed by atoms with E-state index < -0.39 is 0 Å². The molecule has 100 valence electrons. The Labute approximate surface area is 118 Å². The number of benzene rings is 1. The molecule has 0 aromatic heterocycles. The lowest BCUT2D eigenvalue weighted by atomic mass is 10.2. The monoisotopic (exact) mass is 311 g/mol. The number of ether oxygens (including phenoxy) is 1. The quantitative estimate of drug-likeness (QED) is 0.747. The van der Waals surface area contributed by atoms with Crippen molar-refractivity contribution < 1.29 is 4.74 Å². The van der Waals surface area contributed by atoms with E-state index in [0.717, 1.165) is 18.3 Å². The maximum Gasteiger partial charge on any atom is 0.119 e. The molecule has 1 fully saturated rings. The molecule has 0 aliphatic heterocycles. The van der Waals surface area contributed by atoms with E-state index in [0.29, 0.717) is 0 Å². The Morgan fingerprint density at radius 3 is 2.78 bits per heavy atom. The second-order valence-corrected chi connectivity index (χ2v) is 5.87. The Hall–Kier alpha value is -0.540. The molecule has 2 nitrogen and oxygen atoms in total. The van der Waals surface area contributed by atoms with Crippen molar-refractivity contribution in [1.29, 1.82) is 0 Å². The first-order chi connectivity index (χ1) is 8.74. The molecule has 1 aliphatic rings. The van der Waals surface area contributed by atoms with Gasteiger partial charge in [0, 0.05) is 17.1 Å². The molecule has 0 saturated heterocycles. The smallest absolute Gasteiger partial charge is 0.119 e. The van der Waals surface area contributed by atoms with Crippen LogP contribution in [0.4, 0.5) is 0 Å². The van der Waals surface area contributed by atoms with Gasteiger partial charge in [-0.2, -0.15) is 0 Å². The summed E-state index contributed by atoms with van der Waals surface area (Å²) in [5, 5.41) is 0. The molecule has 0 radical (unpaired) electrons. The first-order valence-corrected chi connectivity index (χ1v) is 7.60. The summed E-state index contributed by atoms with van der Waals surface area (Å²) in [4.78, 5) is 2.61. The van der Waals surface area contributed by atoms with Crippen LogP contribution in [0.25, 0.3) is 0 Å². The fourth-order valence-corrected chi connectivity index (χ4v) is 2.58. The normalized spacial score (nSPS) is 15.1. The average molecular weight is 312 g/mol. The van der Waals surface area contributed by atoms with Crippen LogP contribution in [0.3, 0.4) is 0 Å². The van der Waals surface area contributed by atoms with E-state index in [1.54, 1.807) is 7.11 Å². The zero-order valence-electron chi connectivity index (χ0n) is 11.3. The van der Waals surface area contributed by atoms with Crippen LogP contribution < -0.4 is 4.74 Å². The van der Waals surface area contributed by atoms with Gasteiger partial charge in [-0.15, -0.1) is 0 Å². The number of unbranched alkanes of at least 4 members (excludes halogenated alkanes) is 1. The largest absolute Gasteiger partial charge is 0.497 e. The van der Waals surface area contributed by atoms with E-state index in [1.807, 2.05) is 6.07 Å². The highest BCUT2D eigenvalue weighted by Crippen LogP contribution is 2.31. The maximum absolute atomic E-state index is 5.31. The number of nitrogens with zero attached hydrogens (tertiary/aromatic N) is 1. The predicted molar refractivity (Wildman–Crippen MR) is 79.0 cm³/mol. The number of methoxy groups -OCH3 is 1. The molecule has 1 aromatic carbocycles. The zero-order chi connectivity index (χ0) is 13.0. The third kappa shape index (κ3) is 3.72. The van der Waals surface area contributed by atoms with Gasteiger partial charge in [0.1, 0.15) is 5.75 Å². The molecular weight excluding hydrogens is 290 g/mol. The Morgan fingerprint density at radius 1 is 1.39 bits per heavy atom. The number of halogens is 1. The molecule has 1 aliphatic carbocycles. The Balaban J connectivity index is 2.05. The van der Waals surface area contributed by atoms with Crippen LogP contribution in [0.1, 0.15) is 38.2 Å². The number of hydrogen-bond acceptors (Lipinski definition) is 2. The Kier molecular flexibility index (Phi) is 5.07. The van der Waals surface area contributed by atoms with Gasteiger partial charge >= 0.3 is 0 Å². The Bertz CT molecular complexity index is 390. The molecule has 0 spiro atoms. The van der Waals surface area contributed by atoms with Crippen LogP contribution in [-0.2, 0) is 6.54 Å². The van der Waals surface area contributed by atoms with Crippen LogP contribution in [-0.4, -0.2) is 24.6 Å². The summed E-state index contributed by atoms with van der Waals surface area (Å²) in [6, 6.07) is 7.04. The van der Waals surface area contributed by atoms with E-state index in [1.165, 1.54) is 42.3 Å². The fraction of sp³-hybridized carbons (Fsp3) is 0.600. The first kappa shape index (κ1) is 13.9. The second kappa shape index (κ2) is 6.58. The second-order valence-electron chi connectivity index (χ2n) is 5.01. The SMILES string of the molecule is CCCCN(Cc1cc(OC)ccc1Br)C1CC1. The topological polar surface area (TPSA) is 12.5 Å². The molecule has 1 saturated carbocycles. The van der Waals surface area contributed by atoms with E-state index in [2.05, 4.69) is 39.9 Å². The molecule has 3 heteroatoms. The van der Waals surface area contributed by atoms with Gasteiger partial charge in [0.05, 0.1) is 7.11 Å². The van der Waals surface area contributed by atoms with Crippen molar-refractivity contribution in [2.24, 2.45) is 0 Å². The third-order valence-electron chi connectivity index (χ3n) is 3.49. The molecule has 1 aromatic rings. The van der Waals surface area contributed by atoms with Crippen LogP contribution in [0.2, 0.25) is 0 Å². The van der Waals surface area contributed by atoms with Gasteiger partial charge in [0.15, 0.2) is 0 Å². The fourth-order valence-electron chi connectivity index (χ4n) is 2.21. The van der Waals surface area contributed by atoms with Gasteiger partial charge in [-0.3, -0.25) is 4.90 Å². The van der Waals surface area contributed by atoms with E-state index >= 15 is 0 Å². The first-order valence-electron chi connectivity index (χ1n) is 6.81. The van der Waals surface area contributed by atoms with E-state index in [-0.39, 0.29) is 0 Å². The summed E-state index contributed by atoms with van der Waals surface area (Å²) in [6.07, 6.45) is 5.29. The highest BCUT2D eigenvalue weighted by Gasteiger charge is 2.28. The minimum absolute atomic E-state index is 0.814. The van der Waals surface area contributed by atoms with Crippen LogP contribution in [0.5, 0.6) is 5.75 Å². The minimum Gasteiger partial charge on any atom is -0.497 e. The van der Waals surface area contributed by atoms with Crippen molar-refractivity contribution in [1.82, 2.24) is 4.90 Å². The lowest BCUT2D eigenvalue weighted by molar-refractivity contribution is 0.250. The van der Waals surface area contributed by atoms with E-state index in [4.69, 9.17) is 4.74 Å². The predicted octanol–water partition coefficient (Wildman–Crippen LogP) is 4.22. The molecule has 0 atom stereocenters. The van der Waals surface area contributed by atoms with Gasteiger partial charge < -0.3 is 4.74 Å². The average Bonchev–Trinajstić information content (AvgIpc) is 3.21. The van der Waals surface area contributed by atoms with Crippen molar-refractivity contribution in [3.8, 4) is 5.75 Å². The van der Waals surface area contributed by atoms with Crippen molar-refractivity contribution in [3.63, 3.8) is 0 Å². The van der Waals surface area contributed by atoms with Gasteiger partial charge in [-0.25, -0.2) is 0 Å². The van der Waals surface area contributed by atoms with Crippen LogP contribution in [0.15, 0.2) is 22.7 Å². The molecule has 0 heterocycles. The highest BCUT2D eigenvalue weighted by atomic mass is 79.9. The van der Waals surface area contributed by atoms with Gasteiger partial charge in [-0.1, -0.05) is 29.3 Å². The van der Waals surface area contributed by atoms with Gasteiger partial charge in [0.25, 0.3) is 0 Å². The standard InChI is InChI=1S/C15H22BrNO/c1-3-4-9-17(13-5-6-13)11-12-10-14(18-2)7-8-15(12)16/h7-8,10,13H,3-6,9,11H2,1-2H3. The van der Waals surface area contributed by atoms with Crippen LogP contribution in [0, 0.1) is 0 Å². The van der Waals surface area contributed by atoms with Crippen molar-refractivity contribution in [2.75, 3.05) is 13.7 Å². The molecule has 0 amide bonds. The van der Waals surface area contributed by atoms with Crippen molar-refractivity contribution in [2.45, 2.75) is 45.2 Å². The molecule has 0 unspecified atom stereocenters. The highest BCUT2D eigenvalue weighted by molar-refractivity contribution is 9.10. The lowest BCUT2D eigenvalue weighted by Gasteiger charge is -2.22. The van der Waals surface area contributed by atoms with Crippen molar-refractivity contribution >= 4 is 15.9 Å².